The first-order valence-corrected chi connectivity index (χ1v) is 6.01. The second-order valence-electron chi connectivity index (χ2n) is 4.45. The van der Waals surface area contributed by atoms with Gasteiger partial charge in [-0.25, -0.2) is 4.68 Å². The van der Waals surface area contributed by atoms with Crippen molar-refractivity contribution in [3.05, 3.63) is 47.3 Å². The van der Waals surface area contributed by atoms with E-state index < -0.39 is 11.9 Å². The van der Waals surface area contributed by atoms with Crippen molar-refractivity contribution in [3.8, 4) is 5.69 Å². The lowest BCUT2D eigenvalue weighted by molar-refractivity contribution is -0.142. The van der Waals surface area contributed by atoms with E-state index in [1.807, 2.05) is 6.07 Å². The van der Waals surface area contributed by atoms with Gasteiger partial charge in [-0.15, -0.1) is 0 Å². The van der Waals surface area contributed by atoms with E-state index in [1.54, 1.807) is 24.3 Å². The van der Waals surface area contributed by atoms with Gasteiger partial charge in [0.1, 0.15) is 0 Å². The van der Waals surface area contributed by atoms with Crippen LogP contribution in [0.2, 0.25) is 0 Å². The summed E-state index contributed by atoms with van der Waals surface area (Å²) in [6.45, 7) is 0.962. The van der Waals surface area contributed by atoms with E-state index in [2.05, 4.69) is 10.4 Å². The summed E-state index contributed by atoms with van der Waals surface area (Å²) in [4.78, 5) is 0. The molecule has 2 heterocycles. The number of fused-ring (bicyclic) bond motifs is 1. The van der Waals surface area contributed by atoms with Crippen molar-refractivity contribution in [2.75, 3.05) is 6.54 Å². The zero-order valence-electron chi connectivity index (χ0n) is 10.0. The van der Waals surface area contributed by atoms with Crippen molar-refractivity contribution in [2.24, 2.45) is 0 Å². The molecule has 0 unspecified atom stereocenters. The van der Waals surface area contributed by atoms with Gasteiger partial charge in [-0.05, 0) is 25.1 Å². The molecular weight excluding hydrogens is 255 g/mol. The maximum atomic E-state index is 13.0. The van der Waals surface area contributed by atoms with E-state index in [9.17, 15) is 13.2 Å². The number of alkyl halides is 3. The van der Waals surface area contributed by atoms with Crippen LogP contribution >= 0.6 is 0 Å². The molecule has 0 amide bonds. The number of aromatic nitrogens is 2. The van der Waals surface area contributed by atoms with Gasteiger partial charge < -0.3 is 5.32 Å². The first-order valence-electron chi connectivity index (χ1n) is 6.01. The fraction of sp³-hybridized carbons (Fsp3) is 0.308. The highest BCUT2D eigenvalue weighted by molar-refractivity contribution is 5.39. The first-order chi connectivity index (χ1) is 9.07. The SMILES string of the molecule is FC(F)(F)c1nn(-c2ccccc2)c2c1CCNC2. The summed E-state index contributed by atoms with van der Waals surface area (Å²) >= 11 is 0. The molecule has 100 valence electrons. The Kier molecular flexibility index (Phi) is 2.82. The summed E-state index contributed by atoms with van der Waals surface area (Å²) in [6.07, 6.45) is -4.04. The van der Waals surface area contributed by atoms with E-state index in [-0.39, 0.29) is 0 Å². The number of hydrogen-bond donors (Lipinski definition) is 1. The molecule has 0 radical (unpaired) electrons. The van der Waals surface area contributed by atoms with Gasteiger partial charge in [0.2, 0.25) is 0 Å². The minimum atomic E-state index is -4.40. The van der Waals surface area contributed by atoms with Gasteiger partial charge in [-0.3, -0.25) is 0 Å². The molecule has 0 spiro atoms. The average Bonchev–Trinajstić information content (AvgIpc) is 2.79. The lowest BCUT2D eigenvalue weighted by atomic mass is 10.1. The molecule has 3 nitrogen and oxygen atoms in total. The standard InChI is InChI=1S/C13H12F3N3/c14-13(15,16)12-10-6-7-17-8-11(10)19(18-12)9-4-2-1-3-5-9/h1-5,17H,6-8H2. The molecule has 0 bridgehead atoms. The molecule has 0 aliphatic carbocycles. The normalized spacial score (nSPS) is 15.3. The van der Waals surface area contributed by atoms with Crippen LogP contribution in [0.5, 0.6) is 0 Å². The highest BCUT2D eigenvalue weighted by Crippen LogP contribution is 2.34. The lowest BCUT2D eigenvalue weighted by Gasteiger charge is -2.16. The summed E-state index contributed by atoms with van der Waals surface area (Å²) in [7, 11) is 0. The maximum absolute atomic E-state index is 13.0. The molecule has 3 rings (SSSR count). The van der Waals surface area contributed by atoms with Crippen LogP contribution in [0.3, 0.4) is 0 Å². The van der Waals surface area contributed by atoms with Gasteiger partial charge in [0.15, 0.2) is 5.69 Å². The maximum Gasteiger partial charge on any atom is 0.435 e. The van der Waals surface area contributed by atoms with Crippen LogP contribution in [0.4, 0.5) is 13.2 Å². The van der Waals surface area contributed by atoms with Crippen LogP contribution in [0.15, 0.2) is 30.3 Å². The topological polar surface area (TPSA) is 29.9 Å². The van der Waals surface area contributed by atoms with Crippen LogP contribution < -0.4 is 5.32 Å². The van der Waals surface area contributed by atoms with Crippen LogP contribution in [0.1, 0.15) is 17.0 Å². The Labute approximate surface area is 108 Å². The minimum Gasteiger partial charge on any atom is -0.311 e. The van der Waals surface area contributed by atoms with Gasteiger partial charge in [-0.2, -0.15) is 18.3 Å². The summed E-state index contributed by atoms with van der Waals surface area (Å²) in [6, 6.07) is 8.90. The van der Waals surface area contributed by atoms with Crippen molar-refractivity contribution < 1.29 is 13.2 Å². The van der Waals surface area contributed by atoms with Crippen molar-refractivity contribution in [2.45, 2.75) is 19.1 Å². The smallest absolute Gasteiger partial charge is 0.311 e. The predicted octanol–water partition coefficient (Wildman–Crippen LogP) is 2.54. The van der Waals surface area contributed by atoms with Gasteiger partial charge in [0, 0.05) is 12.1 Å². The van der Waals surface area contributed by atoms with Crippen LogP contribution in [0, 0.1) is 0 Å². The molecule has 1 aromatic heterocycles. The average molecular weight is 267 g/mol. The number of rotatable bonds is 1. The quantitative estimate of drug-likeness (QED) is 0.860. The Morgan fingerprint density at radius 2 is 1.89 bits per heavy atom. The van der Waals surface area contributed by atoms with Crippen LogP contribution in [0.25, 0.3) is 5.69 Å². The molecule has 2 aromatic rings. The predicted molar refractivity (Wildman–Crippen MR) is 64.0 cm³/mol. The van der Waals surface area contributed by atoms with Gasteiger partial charge in [0.05, 0.1) is 11.4 Å². The molecule has 0 saturated heterocycles. The van der Waals surface area contributed by atoms with E-state index in [0.29, 0.717) is 36.5 Å². The monoisotopic (exact) mass is 267 g/mol. The van der Waals surface area contributed by atoms with Crippen molar-refractivity contribution in [1.82, 2.24) is 15.1 Å². The Morgan fingerprint density at radius 1 is 1.16 bits per heavy atom. The molecule has 0 atom stereocenters. The number of nitrogens with zero attached hydrogens (tertiary/aromatic N) is 2. The fourth-order valence-corrected chi connectivity index (χ4v) is 2.36. The molecule has 1 aliphatic rings. The van der Waals surface area contributed by atoms with Gasteiger partial charge >= 0.3 is 6.18 Å². The Hall–Kier alpha value is -1.82. The molecule has 1 aliphatic heterocycles. The van der Waals surface area contributed by atoms with E-state index in [1.165, 1.54) is 4.68 Å². The number of para-hydroxylation sites is 1. The zero-order chi connectivity index (χ0) is 13.5. The van der Waals surface area contributed by atoms with Crippen LogP contribution in [-0.4, -0.2) is 16.3 Å². The molecule has 1 aromatic carbocycles. The third-order valence-electron chi connectivity index (χ3n) is 3.20. The molecule has 0 fully saturated rings. The fourth-order valence-electron chi connectivity index (χ4n) is 2.36. The zero-order valence-corrected chi connectivity index (χ0v) is 10.0. The van der Waals surface area contributed by atoms with E-state index >= 15 is 0 Å². The van der Waals surface area contributed by atoms with Crippen LogP contribution in [-0.2, 0) is 19.1 Å². The molecule has 19 heavy (non-hydrogen) atoms. The molecule has 1 N–H and O–H groups in total. The molecule has 6 heteroatoms. The Bertz CT molecular complexity index is 587. The summed E-state index contributed by atoms with van der Waals surface area (Å²) in [5.41, 5.74) is 0.811. The molecular formula is C13H12F3N3. The van der Waals surface area contributed by atoms with Gasteiger partial charge in [-0.1, -0.05) is 18.2 Å². The largest absolute Gasteiger partial charge is 0.435 e. The van der Waals surface area contributed by atoms with Gasteiger partial charge in [0.25, 0.3) is 0 Å². The number of benzene rings is 1. The lowest BCUT2D eigenvalue weighted by Crippen LogP contribution is -2.25. The molecule has 0 saturated carbocycles. The third-order valence-corrected chi connectivity index (χ3v) is 3.20. The van der Waals surface area contributed by atoms with E-state index in [0.717, 1.165) is 0 Å². The van der Waals surface area contributed by atoms with Crippen molar-refractivity contribution in [3.63, 3.8) is 0 Å². The summed E-state index contributed by atoms with van der Waals surface area (Å²) < 4.78 is 40.4. The summed E-state index contributed by atoms with van der Waals surface area (Å²) in [5, 5.41) is 6.87. The number of nitrogens with one attached hydrogen (secondary N) is 1. The number of halogens is 3. The van der Waals surface area contributed by atoms with Crippen molar-refractivity contribution in [1.29, 1.82) is 0 Å². The second kappa shape index (κ2) is 4.38. The minimum absolute atomic E-state index is 0.315. The second-order valence-corrected chi connectivity index (χ2v) is 4.45. The third kappa shape index (κ3) is 2.12. The van der Waals surface area contributed by atoms with Crippen molar-refractivity contribution >= 4 is 0 Å². The Balaban J connectivity index is 2.18. The highest BCUT2D eigenvalue weighted by Gasteiger charge is 2.39. The first kappa shape index (κ1) is 12.2. The number of hydrogen-bond acceptors (Lipinski definition) is 2. The van der Waals surface area contributed by atoms with E-state index in [4.69, 9.17) is 0 Å². The highest BCUT2D eigenvalue weighted by atomic mass is 19.4. The summed E-state index contributed by atoms with van der Waals surface area (Å²) in [5.74, 6) is 0. The Morgan fingerprint density at radius 3 is 2.58 bits per heavy atom.